The first kappa shape index (κ1) is 12.3. The van der Waals surface area contributed by atoms with Crippen LogP contribution in [-0.2, 0) is 6.54 Å². The summed E-state index contributed by atoms with van der Waals surface area (Å²) < 4.78 is 6.00. The van der Waals surface area contributed by atoms with Gasteiger partial charge in [0.2, 0.25) is 0 Å². The number of hydrogen-bond acceptors (Lipinski definition) is 5. The molecule has 0 atom stereocenters. The first-order valence-corrected chi connectivity index (χ1v) is 6.49. The molecule has 0 aromatic carbocycles. The number of aryl methyl sites for hydroxylation is 2. The largest absolute Gasteiger partial charge is 0.445 e. The zero-order chi connectivity index (χ0) is 12.4. The summed E-state index contributed by atoms with van der Waals surface area (Å²) in [5.41, 5.74) is 0.339. The lowest BCUT2D eigenvalue weighted by Gasteiger charge is -2.00. The van der Waals surface area contributed by atoms with Gasteiger partial charge in [0.1, 0.15) is 5.76 Å². The Labute approximate surface area is 110 Å². The third-order valence-electron chi connectivity index (χ3n) is 2.07. The van der Waals surface area contributed by atoms with Crippen LogP contribution < -0.4 is 5.32 Å². The van der Waals surface area contributed by atoms with Crippen molar-refractivity contribution in [3.05, 3.63) is 32.3 Å². The van der Waals surface area contributed by atoms with Gasteiger partial charge in [-0.1, -0.05) is 0 Å². The molecule has 0 spiro atoms. The Bertz CT molecular complexity index is 549. The van der Waals surface area contributed by atoms with Gasteiger partial charge in [-0.15, -0.1) is 11.3 Å². The van der Waals surface area contributed by atoms with Crippen molar-refractivity contribution in [2.24, 2.45) is 0 Å². The van der Waals surface area contributed by atoms with E-state index in [0.29, 0.717) is 23.9 Å². The van der Waals surface area contributed by atoms with E-state index in [2.05, 4.69) is 31.2 Å². The summed E-state index contributed by atoms with van der Waals surface area (Å²) in [6, 6.07) is 0. The number of halogens is 1. The second-order valence-corrected chi connectivity index (χ2v) is 5.79. The summed E-state index contributed by atoms with van der Waals surface area (Å²) in [5.74, 6) is 0.794. The summed E-state index contributed by atoms with van der Waals surface area (Å²) in [4.78, 5) is 20.8. The Morgan fingerprint density at radius 1 is 1.59 bits per heavy atom. The molecule has 2 heterocycles. The number of carbonyl (C=O) groups excluding carboxylic acids is 1. The molecule has 2 rings (SSSR count). The van der Waals surface area contributed by atoms with Crippen molar-refractivity contribution in [1.82, 2.24) is 15.3 Å². The summed E-state index contributed by atoms with van der Waals surface area (Å²) in [6.45, 7) is 3.87. The second-order valence-electron chi connectivity index (χ2n) is 3.40. The maximum absolute atomic E-state index is 11.8. The topological polar surface area (TPSA) is 68.0 Å². The van der Waals surface area contributed by atoms with Crippen LogP contribution in [0.15, 0.2) is 14.5 Å². The Balaban J connectivity index is 2.00. The molecule has 7 heteroatoms. The molecule has 0 aliphatic rings. The van der Waals surface area contributed by atoms with E-state index in [4.69, 9.17) is 4.42 Å². The Morgan fingerprint density at radius 3 is 2.88 bits per heavy atom. The minimum absolute atomic E-state index is 0.233. The lowest BCUT2D eigenvalue weighted by atomic mass is 10.3. The summed E-state index contributed by atoms with van der Waals surface area (Å²) in [5, 5.41) is 2.77. The first-order chi connectivity index (χ1) is 8.06. The quantitative estimate of drug-likeness (QED) is 0.944. The lowest BCUT2D eigenvalue weighted by molar-refractivity contribution is 0.0945. The van der Waals surface area contributed by atoms with E-state index in [9.17, 15) is 4.79 Å². The number of carbonyl (C=O) groups is 1. The predicted octanol–water partition coefficient (Wildman–Crippen LogP) is 2.44. The molecule has 17 heavy (non-hydrogen) atoms. The van der Waals surface area contributed by atoms with Gasteiger partial charge in [-0.3, -0.25) is 4.79 Å². The molecular weight excluding hydrogens is 306 g/mol. The van der Waals surface area contributed by atoms with Crippen LogP contribution in [0, 0.1) is 13.8 Å². The van der Waals surface area contributed by atoms with Gasteiger partial charge < -0.3 is 9.73 Å². The molecule has 90 valence electrons. The fourth-order valence-electron chi connectivity index (χ4n) is 1.36. The van der Waals surface area contributed by atoms with Crippen molar-refractivity contribution < 1.29 is 9.21 Å². The predicted molar refractivity (Wildman–Crippen MR) is 67.0 cm³/mol. The second kappa shape index (κ2) is 4.97. The standard InChI is InChI=1S/C10H10BrN3O2S/c1-5-8(14-6(2)16-5)9(15)12-3-7-4-13-10(11)17-7/h4H,3H2,1-2H3,(H,12,15). The van der Waals surface area contributed by atoms with Crippen LogP contribution >= 0.6 is 27.3 Å². The number of thiazole rings is 1. The van der Waals surface area contributed by atoms with Crippen molar-refractivity contribution in [3.63, 3.8) is 0 Å². The highest BCUT2D eigenvalue weighted by Gasteiger charge is 2.15. The third-order valence-corrected chi connectivity index (χ3v) is 3.54. The van der Waals surface area contributed by atoms with Crippen molar-refractivity contribution in [1.29, 1.82) is 0 Å². The Kier molecular flexibility index (Phi) is 3.58. The number of nitrogens with one attached hydrogen (secondary N) is 1. The van der Waals surface area contributed by atoms with Gasteiger partial charge in [0.15, 0.2) is 15.5 Å². The van der Waals surface area contributed by atoms with Crippen LogP contribution in [0.2, 0.25) is 0 Å². The van der Waals surface area contributed by atoms with Crippen LogP contribution in [0.1, 0.15) is 27.0 Å². The van der Waals surface area contributed by atoms with Crippen LogP contribution in [-0.4, -0.2) is 15.9 Å². The van der Waals surface area contributed by atoms with Crippen LogP contribution in [0.4, 0.5) is 0 Å². The van der Waals surface area contributed by atoms with Crippen LogP contribution in [0.3, 0.4) is 0 Å². The minimum Gasteiger partial charge on any atom is -0.445 e. The molecular formula is C10H10BrN3O2S. The number of aromatic nitrogens is 2. The van der Waals surface area contributed by atoms with Crippen molar-refractivity contribution >= 4 is 33.2 Å². The average molecular weight is 316 g/mol. The van der Waals surface area contributed by atoms with E-state index in [-0.39, 0.29) is 5.91 Å². The SMILES string of the molecule is Cc1nc(C(=O)NCc2cnc(Br)s2)c(C)o1. The highest BCUT2D eigenvalue weighted by atomic mass is 79.9. The molecule has 0 radical (unpaired) electrons. The van der Waals surface area contributed by atoms with E-state index >= 15 is 0 Å². The normalized spacial score (nSPS) is 10.5. The highest BCUT2D eigenvalue weighted by molar-refractivity contribution is 9.11. The number of oxazole rings is 1. The third kappa shape index (κ3) is 2.92. The summed E-state index contributed by atoms with van der Waals surface area (Å²) in [6.07, 6.45) is 1.72. The molecule has 0 aliphatic carbocycles. The van der Waals surface area contributed by atoms with Crippen LogP contribution in [0.25, 0.3) is 0 Å². The van der Waals surface area contributed by atoms with Gasteiger partial charge in [-0.05, 0) is 22.9 Å². The molecule has 0 saturated carbocycles. The molecule has 2 aromatic rings. The first-order valence-electron chi connectivity index (χ1n) is 4.88. The maximum atomic E-state index is 11.8. The van der Waals surface area contributed by atoms with Gasteiger partial charge in [0.25, 0.3) is 5.91 Å². The Morgan fingerprint density at radius 2 is 2.35 bits per heavy atom. The van der Waals surface area contributed by atoms with Gasteiger partial charge >= 0.3 is 0 Å². The fourth-order valence-corrected chi connectivity index (χ4v) is 2.65. The number of rotatable bonds is 3. The molecule has 1 amide bonds. The number of hydrogen-bond donors (Lipinski definition) is 1. The monoisotopic (exact) mass is 315 g/mol. The van der Waals surface area contributed by atoms with E-state index in [0.717, 1.165) is 8.79 Å². The van der Waals surface area contributed by atoms with Gasteiger partial charge in [-0.2, -0.15) is 0 Å². The summed E-state index contributed by atoms with van der Waals surface area (Å²) in [7, 11) is 0. The van der Waals surface area contributed by atoms with E-state index < -0.39 is 0 Å². The molecule has 0 fully saturated rings. The van der Waals surface area contributed by atoms with Gasteiger partial charge in [0.05, 0.1) is 6.54 Å². The molecule has 0 saturated heterocycles. The number of nitrogens with zero attached hydrogens (tertiary/aromatic N) is 2. The number of amides is 1. The van der Waals surface area contributed by atoms with Gasteiger partial charge in [0, 0.05) is 18.0 Å². The Hall–Kier alpha value is -1.21. The molecule has 0 aliphatic heterocycles. The molecule has 0 unspecified atom stereocenters. The zero-order valence-electron chi connectivity index (χ0n) is 9.28. The molecule has 2 aromatic heterocycles. The maximum Gasteiger partial charge on any atom is 0.273 e. The van der Waals surface area contributed by atoms with Crippen molar-refractivity contribution in [2.45, 2.75) is 20.4 Å². The highest BCUT2D eigenvalue weighted by Crippen LogP contribution is 2.18. The van der Waals surface area contributed by atoms with E-state index in [1.54, 1.807) is 20.0 Å². The lowest BCUT2D eigenvalue weighted by Crippen LogP contribution is -2.23. The van der Waals surface area contributed by atoms with Gasteiger partial charge in [-0.25, -0.2) is 9.97 Å². The fraction of sp³-hybridized carbons (Fsp3) is 0.300. The van der Waals surface area contributed by atoms with Crippen molar-refractivity contribution in [2.75, 3.05) is 0 Å². The molecule has 0 bridgehead atoms. The van der Waals surface area contributed by atoms with Crippen molar-refractivity contribution in [3.8, 4) is 0 Å². The summed E-state index contributed by atoms with van der Waals surface area (Å²) >= 11 is 4.75. The smallest absolute Gasteiger partial charge is 0.273 e. The average Bonchev–Trinajstić information content (AvgIpc) is 2.81. The van der Waals surface area contributed by atoms with E-state index in [1.807, 2.05) is 0 Å². The molecule has 5 nitrogen and oxygen atoms in total. The van der Waals surface area contributed by atoms with E-state index in [1.165, 1.54) is 11.3 Å². The molecule has 1 N–H and O–H groups in total. The zero-order valence-corrected chi connectivity index (χ0v) is 11.7. The van der Waals surface area contributed by atoms with Crippen LogP contribution in [0.5, 0.6) is 0 Å². The minimum atomic E-state index is -0.233.